The Balaban J connectivity index is 1.70. The van der Waals surface area contributed by atoms with Gasteiger partial charge in [-0.25, -0.2) is 4.79 Å². The molecule has 9 nitrogen and oxygen atoms in total. The third-order valence-corrected chi connectivity index (χ3v) is 7.41. The van der Waals surface area contributed by atoms with Gasteiger partial charge in [0.1, 0.15) is 11.6 Å². The van der Waals surface area contributed by atoms with Gasteiger partial charge in [-0.3, -0.25) is 23.8 Å². The molecule has 0 spiro atoms. The summed E-state index contributed by atoms with van der Waals surface area (Å²) in [5, 5.41) is 16.9. The number of nitrogens with zero attached hydrogens (tertiary/aromatic N) is 8. The summed E-state index contributed by atoms with van der Waals surface area (Å²) in [7, 11) is 5.34. The molecule has 5 aromatic rings. The zero-order valence-electron chi connectivity index (χ0n) is 20.8. The van der Waals surface area contributed by atoms with Crippen molar-refractivity contribution in [3.05, 3.63) is 74.8 Å². The van der Waals surface area contributed by atoms with Crippen molar-refractivity contribution in [1.29, 1.82) is 5.26 Å². The van der Waals surface area contributed by atoms with Crippen molar-refractivity contribution in [2.45, 2.75) is 25.9 Å². The summed E-state index contributed by atoms with van der Waals surface area (Å²) >= 11 is 6.44. The normalized spacial score (nSPS) is 14.1. The average molecular weight is 513 g/mol. The second-order valence-electron chi connectivity index (χ2n) is 9.59. The maximum Gasteiger partial charge on any atom is 0.331 e. The molecule has 1 saturated carbocycles. The average Bonchev–Trinajstić information content (AvgIpc) is 3.54. The van der Waals surface area contributed by atoms with Crippen LogP contribution in [0, 0.1) is 17.2 Å². The maximum absolute atomic E-state index is 13.4. The van der Waals surface area contributed by atoms with Crippen LogP contribution in [0.25, 0.3) is 33.3 Å². The minimum Gasteiger partial charge on any atom is -0.348 e. The van der Waals surface area contributed by atoms with Crippen LogP contribution in [-0.2, 0) is 27.2 Å². The lowest BCUT2D eigenvalue weighted by Crippen LogP contribution is -2.39. The van der Waals surface area contributed by atoms with Gasteiger partial charge >= 0.3 is 5.69 Å². The van der Waals surface area contributed by atoms with Crippen LogP contribution in [0.3, 0.4) is 0 Å². The molecular weight excluding hydrogens is 488 g/mol. The fourth-order valence-corrected chi connectivity index (χ4v) is 5.31. The predicted molar refractivity (Wildman–Crippen MR) is 142 cm³/mol. The van der Waals surface area contributed by atoms with E-state index in [-0.39, 0.29) is 5.69 Å². The van der Waals surface area contributed by atoms with Crippen molar-refractivity contribution in [3.8, 4) is 17.5 Å². The number of aryl methyl sites for hydroxylation is 1. The van der Waals surface area contributed by atoms with Crippen LogP contribution >= 0.6 is 11.6 Å². The minimum absolute atomic E-state index is 0.137. The zero-order valence-corrected chi connectivity index (χ0v) is 21.6. The summed E-state index contributed by atoms with van der Waals surface area (Å²) < 4.78 is 7.20. The number of para-hydroxylation sites is 1. The molecule has 1 fully saturated rings. The van der Waals surface area contributed by atoms with Crippen molar-refractivity contribution in [2.75, 3.05) is 7.05 Å². The van der Waals surface area contributed by atoms with Gasteiger partial charge < -0.3 is 4.57 Å². The molecule has 1 aliphatic carbocycles. The topological polar surface area (TPSA) is 98.7 Å². The fraction of sp³-hybridized carbons (Fsp3) is 0.296. The zero-order chi connectivity index (χ0) is 25.8. The maximum atomic E-state index is 13.4. The van der Waals surface area contributed by atoms with Crippen LogP contribution in [-0.4, -0.2) is 35.5 Å². The first-order valence-corrected chi connectivity index (χ1v) is 12.5. The molecule has 0 amide bonds. The molecule has 0 bridgehead atoms. The Labute approximate surface area is 217 Å². The van der Waals surface area contributed by atoms with Gasteiger partial charge in [0.2, 0.25) is 0 Å². The molecule has 4 aromatic heterocycles. The molecule has 0 N–H and O–H groups in total. The smallest absolute Gasteiger partial charge is 0.331 e. The number of pyridine rings is 1. The molecular formula is C27H25ClN8O. The second kappa shape index (κ2) is 8.75. The predicted octanol–water partition coefficient (Wildman–Crippen LogP) is 3.60. The third kappa shape index (κ3) is 3.76. The van der Waals surface area contributed by atoms with Gasteiger partial charge in [-0.05, 0) is 42.5 Å². The summed E-state index contributed by atoms with van der Waals surface area (Å²) in [6, 6.07) is 11.8. The van der Waals surface area contributed by atoms with Crippen LogP contribution in [0.4, 0.5) is 0 Å². The van der Waals surface area contributed by atoms with E-state index in [1.807, 2.05) is 46.6 Å². The number of hydrogen-bond donors (Lipinski definition) is 0. The van der Waals surface area contributed by atoms with E-state index in [0.717, 1.165) is 46.1 Å². The Morgan fingerprint density at radius 3 is 2.76 bits per heavy atom. The Kier molecular flexibility index (Phi) is 5.50. The van der Waals surface area contributed by atoms with E-state index in [4.69, 9.17) is 16.7 Å². The lowest BCUT2D eigenvalue weighted by Gasteiger charge is -2.12. The Morgan fingerprint density at radius 2 is 2.05 bits per heavy atom. The van der Waals surface area contributed by atoms with Crippen molar-refractivity contribution in [2.24, 2.45) is 25.0 Å². The van der Waals surface area contributed by atoms with Crippen molar-refractivity contribution in [3.63, 3.8) is 0 Å². The Morgan fingerprint density at radius 1 is 1.24 bits per heavy atom. The van der Waals surface area contributed by atoms with E-state index in [2.05, 4.69) is 16.0 Å². The van der Waals surface area contributed by atoms with Crippen molar-refractivity contribution in [1.82, 2.24) is 28.5 Å². The monoisotopic (exact) mass is 512 g/mol. The molecule has 37 heavy (non-hydrogen) atoms. The summed E-state index contributed by atoms with van der Waals surface area (Å²) in [5.74, 6) is 0.477. The van der Waals surface area contributed by atoms with Crippen molar-refractivity contribution >= 4 is 33.5 Å². The first-order chi connectivity index (χ1) is 17.9. The van der Waals surface area contributed by atoms with E-state index >= 15 is 0 Å². The number of nitriles is 1. The first-order valence-electron chi connectivity index (χ1n) is 12.1. The molecule has 0 atom stereocenters. The number of fused-ring (bicyclic) bond motifs is 2. The van der Waals surface area contributed by atoms with Gasteiger partial charge in [0.25, 0.3) is 0 Å². The van der Waals surface area contributed by atoms with Crippen molar-refractivity contribution < 1.29 is 0 Å². The molecule has 6 rings (SSSR count). The SMILES string of the molecule is CN=c1c2c(-c3cc(C#N)cn3C)n(Cc3ccnc4c(Cl)cccc34)nc2n(CC2CC2)c(=O)n1C. The van der Waals surface area contributed by atoms with Gasteiger partial charge in [0, 0.05) is 45.5 Å². The molecule has 186 valence electrons. The van der Waals surface area contributed by atoms with Crippen LogP contribution in [0.1, 0.15) is 24.0 Å². The number of hydrogen-bond acceptors (Lipinski definition) is 5. The number of benzene rings is 1. The first kappa shape index (κ1) is 23.3. The second-order valence-corrected chi connectivity index (χ2v) is 10.00. The number of aromatic nitrogens is 6. The van der Waals surface area contributed by atoms with Gasteiger partial charge in [-0.15, -0.1) is 0 Å². The van der Waals surface area contributed by atoms with E-state index in [1.54, 1.807) is 35.6 Å². The standard InChI is InChI=1S/C27H25ClN8O/c1-30-25-22-24(21-11-17(12-29)13-33(21)2)36(15-18-9-10-31-23-19(18)5-4-6-20(23)28)32-26(22)35(14-16-7-8-16)27(37)34(25)3/h4-6,9-11,13,16H,7-8,14-15H2,1-3H3. The molecule has 10 heteroatoms. The largest absolute Gasteiger partial charge is 0.348 e. The van der Waals surface area contributed by atoms with E-state index < -0.39 is 0 Å². The van der Waals surface area contributed by atoms with Gasteiger partial charge in [-0.1, -0.05) is 23.7 Å². The molecule has 0 unspecified atom stereocenters. The molecule has 1 aliphatic rings. The summed E-state index contributed by atoms with van der Waals surface area (Å²) in [4.78, 5) is 22.4. The minimum atomic E-state index is -0.137. The van der Waals surface area contributed by atoms with E-state index in [9.17, 15) is 10.1 Å². The lowest BCUT2D eigenvalue weighted by molar-refractivity contribution is 0.569. The molecule has 0 radical (unpaired) electrons. The molecule has 0 saturated heterocycles. The molecule has 0 aliphatic heterocycles. The van der Waals surface area contributed by atoms with Crippen LogP contribution < -0.4 is 11.2 Å². The molecule has 1 aromatic carbocycles. The van der Waals surface area contributed by atoms with Gasteiger partial charge in [-0.2, -0.15) is 10.4 Å². The van der Waals surface area contributed by atoms with E-state index in [0.29, 0.717) is 40.7 Å². The highest BCUT2D eigenvalue weighted by atomic mass is 35.5. The highest BCUT2D eigenvalue weighted by molar-refractivity contribution is 6.35. The van der Waals surface area contributed by atoms with Crippen LogP contribution in [0.2, 0.25) is 5.02 Å². The lowest BCUT2D eigenvalue weighted by atomic mass is 10.1. The highest BCUT2D eigenvalue weighted by Gasteiger charge is 2.28. The Hall–Kier alpha value is -4.16. The summed E-state index contributed by atoms with van der Waals surface area (Å²) in [6.07, 6.45) is 5.76. The van der Waals surface area contributed by atoms with Crippen LogP contribution in [0.5, 0.6) is 0 Å². The number of halogens is 1. The summed E-state index contributed by atoms with van der Waals surface area (Å²) in [5.41, 5.74) is 4.90. The van der Waals surface area contributed by atoms with E-state index in [1.165, 1.54) is 0 Å². The molecule has 4 heterocycles. The summed E-state index contributed by atoms with van der Waals surface area (Å²) in [6.45, 7) is 1.04. The third-order valence-electron chi connectivity index (χ3n) is 7.11. The Bertz CT molecular complexity index is 1880. The number of rotatable bonds is 5. The fourth-order valence-electron chi connectivity index (χ4n) is 5.09. The van der Waals surface area contributed by atoms with Crippen LogP contribution in [0.15, 0.2) is 52.5 Å². The van der Waals surface area contributed by atoms with Gasteiger partial charge in [0.15, 0.2) is 5.65 Å². The van der Waals surface area contributed by atoms with Gasteiger partial charge in [0.05, 0.1) is 39.4 Å². The highest BCUT2D eigenvalue weighted by Crippen LogP contribution is 2.33. The quantitative estimate of drug-likeness (QED) is 0.359.